The Morgan fingerprint density at radius 2 is 1.24 bits per heavy atom. The number of hydrogen-bond acceptors (Lipinski definition) is 4. The zero-order valence-electron chi connectivity index (χ0n) is 16.7. The van der Waals surface area contributed by atoms with E-state index < -0.39 is 37.2 Å². The van der Waals surface area contributed by atoms with Crippen LogP contribution in [0.15, 0.2) is 66.7 Å². The molecule has 0 radical (unpaired) electrons. The number of nitrogens with zero attached hydrogens (tertiary/aromatic N) is 2. The maximum atomic E-state index is 14.0. The van der Waals surface area contributed by atoms with Crippen LogP contribution in [-0.2, 0) is 18.2 Å². The number of imide groups is 1. The van der Waals surface area contributed by atoms with Crippen LogP contribution in [0.3, 0.4) is 0 Å². The molecule has 9 heteroatoms. The van der Waals surface area contributed by atoms with Crippen molar-refractivity contribution in [1.29, 1.82) is 0 Å². The highest BCUT2D eigenvalue weighted by atomic mass is 79.9. The van der Waals surface area contributed by atoms with Gasteiger partial charge < -0.3 is 0 Å². The largest absolute Gasteiger partial charge is 0.274 e. The van der Waals surface area contributed by atoms with Crippen LogP contribution in [0, 0.1) is 22.0 Å². The predicted molar refractivity (Wildman–Crippen MR) is 130 cm³/mol. The van der Waals surface area contributed by atoms with Crippen molar-refractivity contribution < 1.29 is 14.5 Å². The topological polar surface area (TPSA) is 80.5 Å². The zero-order chi connectivity index (χ0) is 23.3. The number of nitro benzene ring substituents is 1. The Kier molecular flexibility index (Phi) is 4.29. The molecular formula is C24H13Br2ClN2O4. The minimum absolute atomic E-state index is 0.0231. The molecule has 3 aromatic carbocycles. The maximum Gasteiger partial charge on any atom is 0.271 e. The number of non-ortho nitro benzene ring substituents is 1. The molecule has 2 bridgehead atoms. The monoisotopic (exact) mass is 586 g/mol. The van der Waals surface area contributed by atoms with E-state index in [0.29, 0.717) is 0 Å². The number of anilines is 1. The van der Waals surface area contributed by atoms with Crippen LogP contribution in [0.4, 0.5) is 11.4 Å². The molecule has 3 aliphatic carbocycles. The summed E-state index contributed by atoms with van der Waals surface area (Å²) >= 11 is 14.2. The SMILES string of the molecule is O=C1[C@@H]2[C@@H](C(=O)N1c1cc([N+](=O)[O-])ccc1Cl)C1(Br)c3ccccc3C2(Br)c2ccccc21. The molecule has 6 nitrogen and oxygen atoms in total. The van der Waals surface area contributed by atoms with Crippen LogP contribution in [0.5, 0.6) is 0 Å². The lowest BCUT2D eigenvalue weighted by Crippen LogP contribution is -2.56. The normalized spacial score (nSPS) is 29.0. The van der Waals surface area contributed by atoms with E-state index in [9.17, 15) is 19.7 Å². The van der Waals surface area contributed by atoms with Gasteiger partial charge in [-0.3, -0.25) is 19.7 Å². The molecule has 7 rings (SSSR count). The second-order valence-electron chi connectivity index (χ2n) is 8.37. The van der Waals surface area contributed by atoms with E-state index in [-0.39, 0.29) is 16.4 Å². The highest BCUT2D eigenvalue weighted by Gasteiger charge is 2.72. The van der Waals surface area contributed by atoms with E-state index in [2.05, 4.69) is 31.9 Å². The molecule has 33 heavy (non-hydrogen) atoms. The fourth-order valence-electron chi connectivity index (χ4n) is 5.69. The van der Waals surface area contributed by atoms with Gasteiger partial charge in [0.25, 0.3) is 5.69 Å². The van der Waals surface area contributed by atoms with Gasteiger partial charge in [0.1, 0.15) is 0 Å². The average molecular weight is 589 g/mol. The molecule has 2 amide bonds. The number of hydrogen-bond donors (Lipinski definition) is 0. The first-order valence-electron chi connectivity index (χ1n) is 10.1. The van der Waals surface area contributed by atoms with Crippen molar-refractivity contribution in [3.63, 3.8) is 0 Å². The van der Waals surface area contributed by atoms with E-state index in [0.717, 1.165) is 27.2 Å². The highest BCUT2D eigenvalue weighted by molar-refractivity contribution is 9.10. The number of benzene rings is 3. The van der Waals surface area contributed by atoms with Crippen molar-refractivity contribution in [3.05, 3.63) is 104 Å². The van der Waals surface area contributed by atoms with Crippen LogP contribution in [0.1, 0.15) is 22.3 Å². The molecule has 0 spiro atoms. The first-order chi connectivity index (χ1) is 15.7. The van der Waals surface area contributed by atoms with Crippen molar-refractivity contribution in [2.45, 2.75) is 8.65 Å². The van der Waals surface area contributed by atoms with Gasteiger partial charge >= 0.3 is 0 Å². The number of nitro groups is 1. The van der Waals surface area contributed by atoms with Gasteiger partial charge in [0.15, 0.2) is 0 Å². The van der Waals surface area contributed by atoms with E-state index in [1.54, 1.807) is 0 Å². The molecule has 1 saturated heterocycles. The zero-order valence-corrected chi connectivity index (χ0v) is 20.6. The molecular weight excluding hydrogens is 576 g/mol. The molecule has 1 heterocycles. The molecule has 164 valence electrons. The smallest absolute Gasteiger partial charge is 0.271 e. The summed E-state index contributed by atoms with van der Waals surface area (Å²) in [6, 6.07) is 19.3. The van der Waals surface area contributed by atoms with E-state index in [1.807, 2.05) is 48.5 Å². The highest BCUT2D eigenvalue weighted by Crippen LogP contribution is 2.71. The van der Waals surface area contributed by atoms with Gasteiger partial charge in [-0.25, -0.2) is 4.90 Å². The third-order valence-corrected chi connectivity index (χ3v) is 9.98. The van der Waals surface area contributed by atoms with Crippen LogP contribution >= 0.6 is 43.5 Å². The van der Waals surface area contributed by atoms with Crippen molar-refractivity contribution >= 4 is 66.6 Å². The summed E-state index contributed by atoms with van der Waals surface area (Å²) in [6.45, 7) is 0. The first-order valence-corrected chi connectivity index (χ1v) is 12.1. The third-order valence-electron chi connectivity index (χ3n) is 6.97. The van der Waals surface area contributed by atoms with E-state index in [4.69, 9.17) is 11.6 Å². The average Bonchev–Trinajstić information content (AvgIpc) is 3.09. The van der Waals surface area contributed by atoms with Gasteiger partial charge in [-0.15, -0.1) is 0 Å². The third kappa shape index (κ3) is 2.39. The fraction of sp³-hybridized carbons (Fsp3) is 0.167. The van der Waals surface area contributed by atoms with Gasteiger partial charge in [-0.2, -0.15) is 0 Å². The Labute approximate surface area is 209 Å². The summed E-state index contributed by atoms with van der Waals surface area (Å²) in [5.41, 5.74) is 3.42. The summed E-state index contributed by atoms with van der Waals surface area (Å²) in [5, 5.41) is 11.5. The van der Waals surface area contributed by atoms with E-state index >= 15 is 0 Å². The Morgan fingerprint density at radius 3 is 1.64 bits per heavy atom. The Hall–Kier alpha value is -2.55. The minimum atomic E-state index is -0.935. The molecule has 0 aromatic heterocycles. The van der Waals surface area contributed by atoms with Crippen molar-refractivity contribution in [2.24, 2.45) is 11.8 Å². The standard InChI is InChI=1S/C24H13Br2ClN2O4/c25-23-13-5-1-2-6-14(13)24(26,16-8-4-3-7-15(16)23)20-19(23)21(30)28(22(20)31)18-11-12(29(32)33)9-10-17(18)27/h1-11,19-20H/t19-,20-,23?,24?/m0/s1. The van der Waals surface area contributed by atoms with Crippen molar-refractivity contribution in [3.8, 4) is 0 Å². The Morgan fingerprint density at radius 1 is 0.818 bits per heavy atom. The van der Waals surface area contributed by atoms with Gasteiger partial charge in [-0.05, 0) is 28.3 Å². The Bertz CT molecular complexity index is 1300. The molecule has 3 aromatic rings. The first kappa shape index (κ1) is 21.0. The molecule has 0 unspecified atom stereocenters. The molecule has 2 atom stereocenters. The van der Waals surface area contributed by atoms with Crippen LogP contribution in [0.25, 0.3) is 0 Å². The summed E-state index contributed by atoms with van der Waals surface area (Å²) < 4.78 is -1.87. The van der Waals surface area contributed by atoms with Crippen LogP contribution in [-0.4, -0.2) is 16.7 Å². The van der Waals surface area contributed by atoms with Gasteiger partial charge in [0, 0.05) is 12.1 Å². The molecule has 1 aliphatic heterocycles. The second kappa shape index (κ2) is 6.74. The van der Waals surface area contributed by atoms with Gasteiger partial charge in [0.2, 0.25) is 11.8 Å². The maximum absolute atomic E-state index is 14.0. The predicted octanol–water partition coefficient (Wildman–Crippen LogP) is 5.66. The van der Waals surface area contributed by atoms with Crippen molar-refractivity contribution in [1.82, 2.24) is 0 Å². The Balaban J connectivity index is 1.64. The second-order valence-corrected chi connectivity index (χ2v) is 11.3. The number of halogens is 3. The van der Waals surface area contributed by atoms with E-state index in [1.165, 1.54) is 18.2 Å². The number of carbonyl (C=O) groups excluding carboxylic acids is 2. The summed E-state index contributed by atoms with van der Waals surface area (Å²) in [6.07, 6.45) is 0. The van der Waals surface area contributed by atoms with Crippen molar-refractivity contribution in [2.75, 3.05) is 4.90 Å². The number of alkyl halides is 2. The number of amides is 2. The number of carbonyl (C=O) groups is 2. The minimum Gasteiger partial charge on any atom is -0.274 e. The van der Waals surface area contributed by atoms with Gasteiger partial charge in [0.05, 0.1) is 36.1 Å². The van der Waals surface area contributed by atoms with Gasteiger partial charge in [-0.1, -0.05) is 92.0 Å². The molecule has 1 fully saturated rings. The fourth-order valence-corrected chi connectivity index (χ4v) is 8.20. The molecule has 0 saturated carbocycles. The molecule has 4 aliphatic rings. The lowest BCUT2D eigenvalue weighted by Gasteiger charge is -2.55. The number of rotatable bonds is 2. The van der Waals surface area contributed by atoms with Crippen LogP contribution in [0.2, 0.25) is 5.02 Å². The quantitative estimate of drug-likeness (QED) is 0.168. The molecule has 0 N–H and O–H groups in total. The lowest BCUT2D eigenvalue weighted by molar-refractivity contribution is -0.384. The summed E-state index contributed by atoms with van der Waals surface area (Å²) in [4.78, 5) is 39.7. The summed E-state index contributed by atoms with van der Waals surface area (Å²) in [5.74, 6) is -2.44. The lowest BCUT2D eigenvalue weighted by atomic mass is 9.54. The summed E-state index contributed by atoms with van der Waals surface area (Å²) in [7, 11) is 0. The van der Waals surface area contributed by atoms with Crippen LogP contribution < -0.4 is 4.90 Å².